The van der Waals surface area contributed by atoms with Gasteiger partial charge in [-0.15, -0.1) is 11.8 Å². The van der Waals surface area contributed by atoms with Crippen molar-refractivity contribution in [3.8, 4) is 11.8 Å². The van der Waals surface area contributed by atoms with E-state index in [0.717, 1.165) is 17.8 Å². The number of amides is 1. The molecule has 0 radical (unpaired) electrons. The van der Waals surface area contributed by atoms with Crippen LogP contribution in [0.25, 0.3) is 6.08 Å². The summed E-state index contributed by atoms with van der Waals surface area (Å²) in [5, 5.41) is 12.5. The second-order valence-corrected chi connectivity index (χ2v) is 8.18. The second-order valence-electron chi connectivity index (χ2n) is 6.83. The number of nitrogens with zero attached hydrogens (tertiary/aromatic N) is 3. The zero-order valence-corrected chi connectivity index (χ0v) is 18.8. The van der Waals surface area contributed by atoms with Crippen LogP contribution in [0.3, 0.4) is 0 Å². The van der Waals surface area contributed by atoms with Gasteiger partial charge in [-0.1, -0.05) is 6.07 Å². The molecule has 0 bridgehead atoms. The fraction of sp³-hybridized carbons (Fsp3) is 0.238. The van der Waals surface area contributed by atoms with Gasteiger partial charge in [-0.3, -0.25) is 9.69 Å². The number of carbonyl (C=O) groups excluding carboxylic acids is 1. The van der Waals surface area contributed by atoms with Crippen LogP contribution in [0, 0.1) is 18.3 Å². The second kappa shape index (κ2) is 9.18. The Morgan fingerprint density at radius 1 is 1.38 bits per heavy atom. The van der Waals surface area contributed by atoms with Gasteiger partial charge in [0.15, 0.2) is 5.11 Å². The van der Waals surface area contributed by atoms with Gasteiger partial charge < -0.3 is 10.1 Å². The number of hydrogen-bond acceptors (Lipinski definition) is 6. The molecule has 166 valence electrons. The minimum atomic E-state index is -4.62. The Kier molecular flexibility index (Phi) is 6.76. The van der Waals surface area contributed by atoms with Crippen LogP contribution in [0.15, 0.2) is 35.0 Å². The third-order valence-corrected chi connectivity index (χ3v) is 6.05. The standard InChI is InChI=1S/C21H17F3N4O2S2/c1-11-6-17(21(22,23)24)27-18(14(11)9-25)32-10-13-7-12(4-5-16(13)30-3)8-15-19(29)28(2)20(31)26-15/h4-8H,10H2,1-3H3,(H,26,31)/b15-8+. The summed E-state index contributed by atoms with van der Waals surface area (Å²) >= 11 is 6.07. The first-order chi connectivity index (χ1) is 15.0. The van der Waals surface area contributed by atoms with Gasteiger partial charge in [0, 0.05) is 18.4 Å². The number of nitriles is 1. The number of aryl methyl sites for hydroxylation is 1. The normalized spacial score (nSPS) is 15.2. The first-order valence-corrected chi connectivity index (χ1v) is 10.5. The molecule has 32 heavy (non-hydrogen) atoms. The van der Waals surface area contributed by atoms with E-state index in [0.29, 0.717) is 27.7 Å². The Balaban J connectivity index is 1.92. The van der Waals surface area contributed by atoms with E-state index >= 15 is 0 Å². The van der Waals surface area contributed by atoms with Crippen LogP contribution in [0.2, 0.25) is 0 Å². The number of hydrogen-bond donors (Lipinski definition) is 1. The maximum Gasteiger partial charge on any atom is 0.433 e. The van der Waals surface area contributed by atoms with E-state index < -0.39 is 11.9 Å². The maximum atomic E-state index is 13.2. The van der Waals surface area contributed by atoms with Gasteiger partial charge in [-0.05, 0) is 54.5 Å². The SMILES string of the molecule is COc1ccc(/C=C2/NC(=S)N(C)C2=O)cc1CSc1nc(C(F)(F)F)cc(C)c1C#N. The summed E-state index contributed by atoms with van der Waals surface area (Å²) in [6.07, 6.45) is -2.99. The average molecular weight is 479 g/mol. The number of aromatic nitrogens is 1. The number of likely N-dealkylation sites (N-methyl/N-ethyl adjacent to an activating group) is 1. The molecule has 1 N–H and O–H groups in total. The fourth-order valence-electron chi connectivity index (χ4n) is 2.97. The molecule has 0 aliphatic carbocycles. The number of ether oxygens (including phenoxy) is 1. The monoisotopic (exact) mass is 478 g/mol. The van der Waals surface area contributed by atoms with Crippen LogP contribution in [-0.2, 0) is 16.7 Å². The van der Waals surface area contributed by atoms with Gasteiger partial charge in [0.1, 0.15) is 28.2 Å². The van der Waals surface area contributed by atoms with E-state index in [2.05, 4.69) is 10.3 Å². The molecule has 1 aliphatic heterocycles. The number of methoxy groups -OCH3 is 1. The number of benzene rings is 1. The molecule has 1 aliphatic rings. The lowest BCUT2D eigenvalue weighted by Crippen LogP contribution is -2.25. The quantitative estimate of drug-likeness (QED) is 0.391. The van der Waals surface area contributed by atoms with Crippen LogP contribution < -0.4 is 10.1 Å². The molecule has 1 aromatic carbocycles. The highest BCUT2D eigenvalue weighted by atomic mass is 32.2. The molecule has 6 nitrogen and oxygen atoms in total. The molecule has 11 heteroatoms. The lowest BCUT2D eigenvalue weighted by atomic mass is 10.1. The van der Waals surface area contributed by atoms with Crippen molar-refractivity contribution in [2.75, 3.05) is 14.2 Å². The summed E-state index contributed by atoms with van der Waals surface area (Å²) < 4.78 is 44.9. The van der Waals surface area contributed by atoms with Crippen molar-refractivity contribution >= 4 is 41.1 Å². The van der Waals surface area contributed by atoms with Crippen molar-refractivity contribution in [1.29, 1.82) is 5.26 Å². The summed E-state index contributed by atoms with van der Waals surface area (Å²) in [7, 11) is 3.04. The third-order valence-electron chi connectivity index (χ3n) is 4.65. The molecule has 1 fully saturated rings. The largest absolute Gasteiger partial charge is 0.496 e. The van der Waals surface area contributed by atoms with Crippen LogP contribution in [0.5, 0.6) is 5.75 Å². The summed E-state index contributed by atoms with van der Waals surface area (Å²) in [5.74, 6) is 0.437. The smallest absolute Gasteiger partial charge is 0.433 e. The van der Waals surface area contributed by atoms with E-state index in [-0.39, 0.29) is 27.8 Å². The number of thiocarbonyl (C=S) groups is 1. The fourth-order valence-corrected chi connectivity index (χ4v) is 4.19. The molecular weight excluding hydrogens is 461 g/mol. The van der Waals surface area contributed by atoms with Gasteiger partial charge in [-0.25, -0.2) is 4.98 Å². The first-order valence-electron chi connectivity index (χ1n) is 9.14. The Bertz CT molecular complexity index is 1170. The number of nitrogens with one attached hydrogen (secondary N) is 1. The Morgan fingerprint density at radius 2 is 2.09 bits per heavy atom. The van der Waals surface area contributed by atoms with Crippen LogP contribution in [-0.4, -0.2) is 35.1 Å². The summed E-state index contributed by atoms with van der Waals surface area (Å²) in [5.41, 5.74) is 0.889. The lowest BCUT2D eigenvalue weighted by molar-refractivity contribution is -0.141. The Hall–Kier alpha value is -3.10. The minimum absolute atomic E-state index is 0.00903. The minimum Gasteiger partial charge on any atom is -0.496 e. The molecule has 0 atom stereocenters. The molecule has 3 rings (SSSR count). The molecular formula is C21H17F3N4O2S2. The lowest BCUT2D eigenvalue weighted by Gasteiger charge is -2.13. The molecule has 2 aromatic rings. The van der Waals surface area contributed by atoms with Crippen molar-refractivity contribution in [3.63, 3.8) is 0 Å². The van der Waals surface area contributed by atoms with Crippen LogP contribution in [0.4, 0.5) is 13.2 Å². The van der Waals surface area contributed by atoms with E-state index in [4.69, 9.17) is 17.0 Å². The predicted octanol–water partition coefficient (Wildman–Crippen LogP) is 4.27. The van der Waals surface area contributed by atoms with Gasteiger partial charge in [-0.2, -0.15) is 18.4 Å². The maximum absolute atomic E-state index is 13.2. The molecule has 0 spiro atoms. The Labute approximate surface area is 192 Å². The number of pyridine rings is 1. The predicted molar refractivity (Wildman–Crippen MR) is 118 cm³/mol. The van der Waals surface area contributed by atoms with Crippen molar-refractivity contribution in [2.45, 2.75) is 23.9 Å². The van der Waals surface area contributed by atoms with Gasteiger partial charge >= 0.3 is 6.18 Å². The number of rotatable bonds is 5. The third kappa shape index (κ3) is 4.87. The number of thioether (sulfide) groups is 1. The average Bonchev–Trinajstić information content (AvgIpc) is 2.97. The molecule has 1 saturated heterocycles. The van der Waals surface area contributed by atoms with Gasteiger partial charge in [0.25, 0.3) is 5.91 Å². The molecule has 1 aromatic heterocycles. The van der Waals surface area contributed by atoms with Crippen LogP contribution in [0.1, 0.15) is 27.9 Å². The number of halogens is 3. The Morgan fingerprint density at radius 3 is 2.66 bits per heavy atom. The summed E-state index contributed by atoms with van der Waals surface area (Å²) in [4.78, 5) is 17.2. The van der Waals surface area contributed by atoms with Gasteiger partial charge in [0.05, 0.1) is 12.7 Å². The molecule has 0 unspecified atom stereocenters. The van der Waals surface area contributed by atoms with E-state index in [1.54, 1.807) is 31.3 Å². The zero-order chi connectivity index (χ0) is 23.6. The summed E-state index contributed by atoms with van der Waals surface area (Å²) in [6.45, 7) is 1.44. The first kappa shape index (κ1) is 23.6. The van der Waals surface area contributed by atoms with Crippen molar-refractivity contribution < 1.29 is 22.7 Å². The van der Waals surface area contributed by atoms with E-state index in [9.17, 15) is 23.2 Å². The van der Waals surface area contributed by atoms with E-state index in [1.165, 1.54) is 18.9 Å². The molecule has 2 heterocycles. The topological polar surface area (TPSA) is 78.2 Å². The van der Waals surface area contributed by atoms with E-state index in [1.807, 2.05) is 6.07 Å². The highest BCUT2D eigenvalue weighted by molar-refractivity contribution is 7.98. The van der Waals surface area contributed by atoms with Crippen molar-refractivity contribution in [2.24, 2.45) is 0 Å². The zero-order valence-electron chi connectivity index (χ0n) is 17.2. The van der Waals surface area contributed by atoms with Crippen molar-refractivity contribution in [1.82, 2.24) is 15.2 Å². The number of carbonyl (C=O) groups is 1. The summed E-state index contributed by atoms with van der Waals surface area (Å²) in [6, 6.07) is 7.98. The highest BCUT2D eigenvalue weighted by Gasteiger charge is 2.34. The van der Waals surface area contributed by atoms with Crippen molar-refractivity contribution in [3.05, 3.63) is 57.9 Å². The highest BCUT2D eigenvalue weighted by Crippen LogP contribution is 2.35. The molecule has 0 saturated carbocycles. The van der Waals surface area contributed by atoms with Crippen LogP contribution >= 0.6 is 24.0 Å². The van der Waals surface area contributed by atoms with Gasteiger partial charge in [0.2, 0.25) is 0 Å². The molecule has 1 amide bonds. The number of alkyl halides is 3.